The smallest absolute Gasteiger partial charge is 0.334 e. The molecule has 0 spiro atoms. The average molecular weight is 311 g/mol. The van der Waals surface area contributed by atoms with Crippen molar-refractivity contribution in [3.8, 4) is 0 Å². The van der Waals surface area contributed by atoms with Gasteiger partial charge in [-0.15, -0.1) is 0 Å². The summed E-state index contributed by atoms with van der Waals surface area (Å²) in [6.45, 7) is 5.49. The molecule has 23 heavy (non-hydrogen) atoms. The third-order valence-electron chi connectivity index (χ3n) is 4.13. The lowest BCUT2D eigenvalue weighted by atomic mass is 9.86. The molecule has 0 aliphatic carbocycles. The van der Waals surface area contributed by atoms with Crippen LogP contribution >= 0.6 is 0 Å². The minimum absolute atomic E-state index is 0.253. The fourth-order valence-electron chi connectivity index (χ4n) is 2.66. The summed E-state index contributed by atoms with van der Waals surface area (Å²) in [5.74, 6) is -1.44. The SMILES string of the molecule is CCC(NC(=O)c1cc(C)ccc1C)(C(=O)O)c1ccccc1. The van der Waals surface area contributed by atoms with Crippen molar-refractivity contribution in [3.63, 3.8) is 0 Å². The van der Waals surface area contributed by atoms with Crippen molar-refractivity contribution >= 4 is 11.9 Å². The summed E-state index contributed by atoms with van der Waals surface area (Å²) in [5, 5.41) is 12.5. The highest BCUT2D eigenvalue weighted by atomic mass is 16.4. The Morgan fingerprint density at radius 1 is 1.09 bits per heavy atom. The van der Waals surface area contributed by atoms with Crippen LogP contribution in [0.1, 0.15) is 40.4 Å². The van der Waals surface area contributed by atoms with Gasteiger partial charge in [-0.2, -0.15) is 0 Å². The summed E-state index contributed by atoms with van der Waals surface area (Å²) >= 11 is 0. The van der Waals surface area contributed by atoms with Crippen molar-refractivity contribution in [3.05, 3.63) is 70.8 Å². The molecule has 0 aliphatic heterocycles. The third kappa shape index (κ3) is 3.26. The molecule has 0 fully saturated rings. The largest absolute Gasteiger partial charge is 0.479 e. The Labute approximate surface area is 136 Å². The van der Waals surface area contributed by atoms with Gasteiger partial charge >= 0.3 is 5.97 Å². The van der Waals surface area contributed by atoms with Crippen LogP contribution in [-0.2, 0) is 10.3 Å². The van der Waals surface area contributed by atoms with Gasteiger partial charge in [0.15, 0.2) is 5.54 Å². The molecule has 0 saturated heterocycles. The molecular weight excluding hydrogens is 290 g/mol. The number of carboxylic acid groups (broad SMARTS) is 1. The van der Waals surface area contributed by atoms with Crippen LogP contribution in [0.2, 0.25) is 0 Å². The van der Waals surface area contributed by atoms with E-state index in [2.05, 4.69) is 5.32 Å². The monoisotopic (exact) mass is 311 g/mol. The molecule has 1 amide bonds. The first-order valence-electron chi connectivity index (χ1n) is 7.59. The van der Waals surface area contributed by atoms with Gasteiger partial charge in [0.2, 0.25) is 0 Å². The van der Waals surface area contributed by atoms with E-state index in [1.165, 1.54) is 0 Å². The van der Waals surface area contributed by atoms with Crippen LogP contribution < -0.4 is 5.32 Å². The molecule has 4 heteroatoms. The number of carbonyl (C=O) groups excluding carboxylic acids is 1. The fraction of sp³-hybridized carbons (Fsp3) is 0.263. The van der Waals surface area contributed by atoms with E-state index in [9.17, 15) is 14.7 Å². The lowest BCUT2D eigenvalue weighted by Crippen LogP contribution is -2.51. The number of benzene rings is 2. The zero-order valence-corrected chi connectivity index (χ0v) is 13.6. The molecule has 0 aliphatic rings. The standard InChI is InChI=1S/C19H21NO3/c1-4-19(18(22)23,15-8-6-5-7-9-15)20-17(21)16-12-13(2)10-11-14(16)3/h5-12H,4H2,1-3H3,(H,20,21)(H,22,23). The number of amides is 1. The lowest BCUT2D eigenvalue weighted by Gasteiger charge is -2.30. The van der Waals surface area contributed by atoms with E-state index >= 15 is 0 Å². The summed E-state index contributed by atoms with van der Waals surface area (Å²) in [6.07, 6.45) is 0.253. The molecule has 0 bridgehead atoms. The van der Waals surface area contributed by atoms with Gasteiger partial charge in [-0.1, -0.05) is 55.0 Å². The van der Waals surface area contributed by atoms with Gasteiger partial charge in [-0.3, -0.25) is 4.79 Å². The van der Waals surface area contributed by atoms with Gasteiger partial charge in [-0.25, -0.2) is 4.79 Å². The van der Waals surface area contributed by atoms with E-state index in [-0.39, 0.29) is 12.3 Å². The number of nitrogens with one attached hydrogen (secondary N) is 1. The summed E-state index contributed by atoms with van der Waals surface area (Å²) in [6, 6.07) is 14.4. The molecule has 2 aromatic carbocycles. The molecule has 2 rings (SSSR count). The van der Waals surface area contributed by atoms with Crippen LogP contribution in [0.4, 0.5) is 0 Å². The Bertz CT molecular complexity index is 725. The van der Waals surface area contributed by atoms with Gasteiger partial charge in [0, 0.05) is 5.56 Å². The minimum atomic E-state index is -1.44. The van der Waals surface area contributed by atoms with Crippen LogP contribution in [0, 0.1) is 13.8 Å². The summed E-state index contributed by atoms with van der Waals surface area (Å²) < 4.78 is 0. The number of hydrogen-bond donors (Lipinski definition) is 2. The average Bonchev–Trinajstić information content (AvgIpc) is 2.55. The molecule has 4 nitrogen and oxygen atoms in total. The fourth-order valence-corrected chi connectivity index (χ4v) is 2.66. The molecule has 2 aromatic rings. The normalized spacial score (nSPS) is 13.2. The quantitative estimate of drug-likeness (QED) is 0.889. The maximum Gasteiger partial charge on any atom is 0.334 e. The van der Waals surface area contributed by atoms with E-state index < -0.39 is 11.5 Å². The van der Waals surface area contributed by atoms with E-state index in [1.54, 1.807) is 37.3 Å². The Hall–Kier alpha value is -2.62. The van der Waals surface area contributed by atoms with Gasteiger partial charge in [0.25, 0.3) is 5.91 Å². The predicted molar refractivity (Wildman–Crippen MR) is 89.4 cm³/mol. The van der Waals surface area contributed by atoms with Gasteiger partial charge in [-0.05, 0) is 37.5 Å². The van der Waals surface area contributed by atoms with E-state index in [0.29, 0.717) is 11.1 Å². The molecule has 0 radical (unpaired) electrons. The van der Waals surface area contributed by atoms with Crippen molar-refractivity contribution in [1.82, 2.24) is 5.32 Å². The number of rotatable bonds is 5. The Balaban J connectivity index is 2.45. The molecule has 0 saturated carbocycles. The van der Waals surface area contributed by atoms with E-state index in [0.717, 1.165) is 11.1 Å². The lowest BCUT2D eigenvalue weighted by molar-refractivity contribution is -0.145. The first-order chi connectivity index (χ1) is 10.9. The molecule has 0 heterocycles. The number of carbonyl (C=O) groups is 2. The Morgan fingerprint density at radius 3 is 2.30 bits per heavy atom. The first-order valence-corrected chi connectivity index (χ1v) is 7.59. The van der Waals surface area contributed by atoms with Gasteiger partial charge < -0.3 is 10.4 Å². The minimum Gasteiger partial charge on any atom is -0.479 e. The number of hydrogen-bond acceptors (Lipinski definition) is 2. The zero-order chi connectivity index (χ0) is 17.0. The number of aryl methyl sites for hydroxylation is 2. The molecule has 2 N–H and O–H groups in total. The second-order valence-corrected chi connectivity index (χ2v) is 5.70. The molecule has 1 unspecified atom stereocenters. The van der Waals surface area contributed by atoms with Crippen LogP contribution in [0.15, 0.2) is 48.5 Å². The van der Waals surface area contributed by atoms with Crippen LogP contribution in [-0.4, -0.2) is 17.0 Å². The van der Waals surface area contributed by atoms with Crippen molar-refractivity contribution in [2.24, 2.45) is 0 Å². The Kier molecular flexibility index (Phi) is 4.84. The molecule has 120 valence electrons. The summed E-state index contributed by atoms with van der Waals surface area (Å²) in [7, 11) is 0. The second kappa shape index (κ2) is 6.65. The van der Waals surface area contributed by atoms with Crippen molar-refractivity contribution in [2.75, 3.05) is 0 Å². The maximum absolute atomic E-state index is 12.7. The first kappa shape index (κ1) is 16.7. The highest BCUT2D eigenvalue weighted by Crippen LogP contribution is 2.26. The molecular formula is C19H21NO3. The maximum atomic E-state index is 12.7. The van der Waals surface area contributed by atoms with E-state index in [4.69, 9.17) is 0 Å². The van der Waals surface area contributed by atoms with Gasteiger partial charge in [0.05, 0.1) is 0 Å². The van der Waals surface area contributed by atoms with Crippen molar-refractivity contribution in [1.29, 1.82) is 0 Å². The van der Waals surface area contributed by atoms with Crippen molar-refractivity contribution < 1.29 is 14.7 Å². The van der Waals surface area contributed by atoms with Gasteiger partial charge in [0.1, 0.15) is 0 Å². The molecule has 0 aromatic heterocycles. The van der Waals surface area contributed by atoms with E-state index in [1.807, 2.05) is 32.0 Å². The topological polar surface area (TPSA) is 66.4 Å². The van der Waals surface area contributed by atoms with Crippen LogP contribution in [0.5, 0.6) is 0 Å². The summed E-state index contributed by atoms with van der Waals surface area (Å²) in [4.78, 5) is 24.7. The zero-order valence-electron chi connectivity index (χ0n) is 13.6. The Morgan fingerprint density at radius 2 is 1.74 bits per heavy atom. The predicted octanol–water partition coefficient (Wildman–Crippen LogP) is 3.42. The second-order valence-electron chi connectivity index (χ2n) is 5.70. The summed E-state index contributed by atoms with van der Waals surface area (Å²) in [5.41, 5.74) is 1.40. The number of carboxylic acids is 1. The highest BCUT2D eigenvalue weighted by Gasteiger charge is 2.40. The molecule has 1 atom stereocenters. The third-order valence-corrected chi connectivity index (χ3v) is 4.13. The van der Waals surface area contributed by atoms with Crippen LogP contribution in [0.3, 0.4) is 0 Å². The van der Waals surface area contributed by atoms with Crippen molar-refractivity contribution in [2.45, 2.75) is 32.7 Å². The van der Waals surface area contributed by atoms with Crippen LogP contribution in [0.25, 0.3) is 0 Å². The highest BCUT2D eigenvalue weighted by molar-refractivity contribution is 5.99. The number of aliphatic carboxylic acids is 1.